The second kappa shape index (κ2) is 11.6. The van der Waals surface area contributed by atoms with Gasteiger partial charge in [0.1, 0.15) is 18.1 Å². The summed E-state index contributed by atoms with van der Waals surface area (Å²) in [6.45, 7) is 4.23. The van der Waals surface area contributed by atoms with Crippen LogP contribution in [0.2, 0.25) is 0 Å². The van der Waals surface area contributed by atoms with E-state index in [-0.39, 0.29) is 18.8 Å². The summed E-state index contributed by atoms with van der Waals surface area (Å²) >= 11 is 1.01. The maximum atomic E-state index is 11.6. The van der Waals surface area contributed by atoms with Crippen LogP contribution in [-0.4, -0.2) is 77.2 Å². The van der Waals surface area contributed by atoms with Crippen LogP contribution in [0.4, 0.5) is 0 Å². The zero-order valence-electron chi connectivity index (χ0n) is 16.4. The molecule has 1 aliphatic rings. The number of carboxylic acid groups (broad SMARTS) is 1. The van der Waals surface area contributed by atoms with Crippen molar-refractivity contribution < 1.29 is 52.8 Å². The number of esters is 4. The molecule has 0 aliphatic carbocycles. The summed E-state index contributed by atoms with van der Waals surface area (Å²) in [5, 5.41) is 8.84. The van der Waals surface area contributed by atoms with E-state index in [4.69, 9.17) is 28.8 Å². The van der Waals surface area contributed by atoms with E-state index in [1.54, 1.807) is 0 Å². The molecule has 1 rings (SSSR count). The normalized spacial score (nSPS) is 26.1. The first kappa shape index (κ1) is 24.7. The van der Waals surface area contributed by atoms with Crippen molar-refractivity contribution in [3.05, 3.63) is 0 Å². The Morgan fingerprint density at radius 3 is 1.83 bits per heavy atom. The lowest BCUT2D eigenvalue weighted by molar-refractivity contribution is -0.237. The van der Waals surface area contributed by atoms with E-state index >= 15 is 0 Å². The summed E-state index contributed by atoms with van der Waals surface area (Å²) < 4.78 is 26.5. The average Bonchev–Trinajstić information content (AvgIpc) is 2.56. The minimum atomic E-state index is -1.25. The number of hydrogen-bond donors (Lipinski definition) is 1. The maximum absolute atomic E-state index is 11.6. The van der Waals surface area contributed by atoms with Gasteiger partial charge >= 0.3 is 29.8 Å². The number of thioether (sulfide) groups is 1. The molecule has 1 heterocycles. The number of carbonyl (C=O) groups excluding carboxylic acids is 4. The third-order valence-corrected chi connectivity index (χ3v) is 4.69. The third-order valence-electron chi connectivity index (χ3n) is 3.55. The van der Waals surface area contributed by atoms with E-state index in [2.05, 4.69) is 0 Å². The van der Waals surface area contributed by atoms with Crippen LogP contribution in [-0.2, 0) is 47.7 Å². The van der Waals surface area contributed by atoms with Crippen LogP contribution < -0.4 is 0 Å². The lowest BCUT2D eigenvalue weighted by Crippen LogP contribution is -2.61. The van der Waals surface area contributed by atoms with Gasteiger partial charge in [-0.2, -0.15) is 0 Å². The van der Waals surface area contributed by atoms with E-state index in [0.717, 1.165) is 32.5 Å². The molecule has 11 nitrogen and oxygen atoms in total. The van der Waals surface area contributed by atoms with Crippen LogP contribution in [0.15, 0.2) is 0 Å². The molecular weight excluding hydrogens is 412 g/mol. The Kier molecular flexibility index (Phi) is 9.89. The van der Waals surface area contributed by atoms with Crippen LogP contribution in [0, 0.1) is 0 Å². The topological polar surface area (TPSA) is 152 Å². The van der Waals surface area contributed by atoms with Gasteiger partial charge in [0, 0.05) is 33.4 Å². The number of carboxylic acids is 1. The van der Waals surface area contributed by atoms with E-state index < -0.39 is 59.7 Å². The quantitative estimate of drug-likeness (QED) is 0.390. The SMILES string of the molecule is CC(=O)OC[C@H]1O[C@@H](SCCC(=O)O)[C@H](OC(C)=O)[C@@H](OC(C)=O)[C@@H]1OC(C)=O. The summed E-state index contributed by atoms with van der Waals surface area (Å²) in [5.74, 6) is -3.71. The minimum absolute atomic E-state index is 0.100. The highest BCUT2D eigenvalue weighted by molar-refractivity contribution is 7.99. The molecule has 1 N–H and O–H groups in total. The van der Waals surface area contributed by atoms with Gasteiger partial charge in [-0.15, -0.1) is 11.8 Å². The molecule has 0 saturated carbocycles. The van der Waals surface area contributed by atoms with Crippen molar-refractivity contribution in [2.24, 2.45) is 0 Å². The molecule has 0 unspecified atom stereocenters. The molecule has 0 spiro atoms. The summed E-state index contributed by atoms with van der Waals surface area (Å²) in [4.78, 5) is 56.8. The summed E-state index contributed by atoms with van der Waals surface area (Å²) in [7, 11) is 0. The van der Waals surface area contributed by atoms with Crippen LogP contribution in [0.3, 0.4) is 0 Å². The standard InChI is InChI=1S/C17H24O11S/c1-8(18)24-7-12-14(25-9(2)19)15(26-10(3)20)16(27-11(4)21)17(28-12)29-6-5-13(22)23/h12,14-17H,5-7H2,1-4H3,(H,22,23)/t12-,14-,15+,16-,17+/m1/s1. The molecule has 0 aromatic carbocycles. The van der Waals surface area contributed by atoms with E-state index in [9.17, 15) is 24.0 Å². The molecule has 0 aromatic rings. The van der Waals surface area contributed by atoms with E-state index in [0.29, 0.717) is 0 Å². The van der Waals surface area contributed by atoms with Crippen LogP contribution in [0.1, 0.15) is 34.1 Å². The van der Waals surface area contributed by atoms with Gasteiger partial charge in [-0.3, -0.25) is 24.0 Å². The average molecular weight is 436 g/mol. The van der Waals surface area contributed by atoms with Gasteiger partial charge in [-0.05, 0) is 0 Å². The molecule has 5 atom stereocenters. The van der Waals surface area contributed by atoms with Gasteiger partial charge in [-0.25, -0.2) is 0 Å². The highest BCUT2D eigenvalue weighted by Crippen LogP contribution is 2.34. The molecule has 0 aromatic heterocycles. The summed E-state index contributed by atoms with van der Waals surface area (Å²) in [5.41, 5.74) is -0.963. The Labute approximate surface area is 171 Å². The fraction of sp³-hybridized carbons (Fsp3) is 0.706. The van der Waals surface area contributed by atoms with Gasteiger partial charge < -0.3 is 28.8 Å². The Morgan fingerprint density at radius 2 is 1.34 bits per heavy atom. The first-order valence-corrected chi connectivity index (χ1v) is 9.70. The van der Waals surface area contributed by atoms with Crippen molar-refractivity contribution in [1.29, 1.82) is 0 Å². The van der Waals surface area contributed by atoms with Crippen LogP contribution in [0.5, 0.6) is 0 Å². The Hall–Kier alpha value is -2.34. The number of rotatable bonds is 9. The molecule has 29 heavy (non-hydrogen) atoms. The first-order valence-electron chi connectivity index (χ1n) is 8.65. The Bertz CT molecular complexity index is 635. The molecule has 1 aliphatic heterocycles. The van der Waals surface area contributed by atoms with Gasteiger partial charge in [-0.1, -0.05) is 0 Å². The lowest BCUT2D eigenvalue weighted by atomic mass is 9.99. The van der Waals surface area contributed by atoms with Crippen molar-refractivity contribution in [3.8, 4) is 0 Å². The van der Waals surface area contributed by atoms with Crippen LogP contribution in [0.25, 0.3) is 0 Å². The molecule has 1 fully saturated rings. The minimum Gasteiger partial charge on any atom is -0.481 e. The Morgan fingerprint density at radius 1 is 0.828 bits per heavy atom. The number of hydrogen-bond acceptors (Lipinski definition) is 11. The fourth-order valence-corrected chi connectivity index (χ4v) is 3.73. The monoisotopic (exact) mass is 436 g/mol. The third kappa shape index (κ3) is 8.69. The number of ether oxygens (including phenoxy) is 5. The number of aliphatic carboxylic acids is 1. The molecule has 164 valence electrons. The highest BCUT2D eigenvalue weighted by Gasteiger charge is 2.52. The van der Waals surface area contributed by atoms with E-state index in [1.807, 2.05) is 0 Å². The summed E-state index contributed by atoms with van der Waals surface area (Å²) in [6.07, 6.45) is -4.90. The van der Waals surface area contributed by atoms with Crippen LogP contribution >= 0.6 is 11.8 Å². The molecule has 0 bridgehead atoms. The molecule has 1 saturated heterocycles. The smallest absolute Gasteiger partial charge is 0.304 e. The van der Waals surface area contributed by atoms with Crippen molar-refractivity contribution >= 4 is 41.6 Å². The van der Waals surface area contributed by atoms with Gasteiger partial charge in [0.05, 0.1) is 6.42 Å². The van der Waals surface area contributed by atoms with Crippen molar-refractivity contribution in [2.45, 2.75) is 64.0 Å². The summed E-state index contributed by atoms with van der Waals surface area (Å²) in [6, 6.07) is 0. The fourth-order valence-electron chi connectivity index (χ4n) is 2.59. The second-order valence-corrected chi connectivity index (χ2v) is 7.29. The zero-order valence-corrected chi connectivity index (χ0v) is 17.3. The van der Waals surface area contributed by atoms with Gasteiger partial charge in [0.15, 0.2) is 18.3 Å². The highest BCUT2D eigenvalue weighted by atomic mass is 32.2. The second-order valence-electron chi connectivity index (χ2n) is 6.08. The predicted molar refractivity (Wildman–Crippen MR) is 96.7 cm³/mol. The predicted octanol–water partition coefficient (Wildman–Crippen LogP) is 0.277. The van der Waals surface area contributed by atoms with Crippen molar-refractivity contribution in [3.63, 3.8) is 0 Å². The van der Waals surface area contributed by atoms with Crippen molar-refractivity contribution in [1.82, 2.24) is 0 Å². The Balaban J connectivity index is 3.22. The largest absolute Gasteiger partial charge is 0.481 e. The molecule has 12 heteroatoms. The molecule has 0 amide bonds. The maximum Gasteiger partial charge on any atom is 0.304 e. The van der Waals surface area contributed by atoms with Gasteiger partial charge in [0.25, 0.3) is 0 Å². The number of carbonyl (C=O) groups is 5. The molecular formula is C17H24O11S. The molecule has 0 radical (unpaired) electrons. The lowest BCUT2D eigenvalue weighted by Gasteiger charge is -2.44. The zero-order chi connectivity index (χ0) is 22.1. The van der Waals surface area contributed by atoms with Crippen molar-refractivity contribution in [2.75, 3.05) is 12.4 Å². The van der Waals surface area contributed by atoms with Gasteiger partial charge in [0.2, 0.25) is 0 Å². The van der Waals surface area contributed by atoms with E-state index in [1.165, 1.54) is 6.92 Å². The first-order chi connectivity index (χ1) is 13.5.